The molecule has 0 amide bonds. The molecule has 1 heterocycles. The number of benzene rings is 3. The zero-order chi connectivity index (χ0) is 22.2. The van der Waals surface area contributed by atoms with Crippen molar-refractivity contribution in [3.63, 3.8) is 0 Å². The summed E-state index contributed by atoms with van der Waals surface area (Å²) in [5, 5.41) is 0. The molecule has 0 N–H and O–H groups in total. The Hall–Kier alpha value is -2.63. The summed E-state index contributed by atoms with van der Waals surface area (Å²) in [6.45, 7) is 3.90. The van der Waals surface area contributed by atoms with Crippen LogP contribution in [0.5, 0.6) is 0 Å². The molecule has 1 fully saturated rings. The summed E-state index contributed by atoms with van der Waals surface area (Å²) in [4.78, 5) is 4.88. The van der Waals surface area contributed by atoms with E-state index in [1.807, 2.05) is 18.2 Å². The van der Waals surface area contributed by atoms with E-state index in [0.29, 0.717) is 18.8 Å². The minimum absolute atomic E-state index is 0.0880. The molecule has 1 atom stereocenters. The van der Waals surface area contributed by atoms with Gasteiger partial charge in [0.25, 0.3) is 6.43 Å². The molecule has 0 aliphatic carbocycles. The summed E-state index contributed by atoms with van der Waals surface area (Å²) < 4.78 is 36.1. The first-order valence-electron chi connectivity index (χ1n) is 10.4. The van der Waals surface area contributed by atoms with E-state index in [0.717, 1.165) is 31.7 Å². The van der Waals surface area contributed by atoms with E-state index in [2.05, 4.69) is 59.3 Å². The fourth-order valence-corrected chi connectivity index (χ4v) is 4.11. The molecule has 1 saturated heterocycles. The maximum atomic E-state index is 13.3. The summed E-state index contributed by atoms with van der Waals surface area (Å²) in [5.41, 5.74) is 4.09. The SMILES string of the molecule is CF.CN1CCN(Cc2ccc(-c3ccccc3C(F)F)cc2)CC1c1ccccc1. The van der Waals surface area contributed by atoms with Gasteiger partial charge in [0.05, 0.1) is 7.18 Å². The first-order valence-corrected chi connectivity index (χ1v) is 10.4. The second kappa shape index (κ2) is 11.1. The highest BCUT2D eigenvalue weighted by molar-refractivity contribution is 5.67. The molecule has 0 saturated carbocycles. The molecule has 5 heteroatoms. The lowest BCUT2D eigenvalue weighted by Crippen LogP contribution is -2.46. The van der Waals surface area contributed by atoms with Crippen molar-refractivity contribution in [3.8, 4) is 11.1 Å². The molecule has 4 rings (SSSR count). The van der Waals surface area contributed by atoms with Gasteiger partial charge in [0, 0.05) is 37.8 Å². The Bertz CT molecular complexity index is 929. The molecule has 1 aliphatic heterocycles. The standard InChI is InChI=1S/C25H26F2N2.CH3F/c1-28-15-16-29(18-24(28)21-7-3-2-4-8-21)17-19-11-13-20(14-12-19)22-9-5-6-10-23(22)25(26)27;1-2/h2-14,24-25H,15-18H2,1H3;1H3. The normalized spacial score (nSPS) is 17.3. The Morgan fingerprint density at radius 3 is 2.16 bits per heavy atom. The minimum Gasteiger partial charge on any atom is -0.297 e. The van der Waals surface area contributed by atoms with Crippen molar-refractivity contribution in [1.29, 1.82) is 0 Å². The molecule has 1 unspecified atom stereocenters. The third-order valence-corrected chi connectivity index (χ3v) is 5.78. The molecular weight excluding hydrogens is 397 g/mol. The zero-order valence-electron chi connectivity index (χ0n) is 18.0. The van der Waals surface area contributed by atoms with Crippen molar-refractivity contribution >= 4 is 0 Å². The number of alkyl halides is 3. The van der Waals surface area contributed by atoms with Crippen LogP contribution in [0.15, 0.2) is 78.9 Å². The first kappa shape index (κ1) is 23.0. The summed E-state index contributed by atoms with van der Waals surface area (Å²) in [6.07, 6.45) is -2.47. The lowest BCUT2D eigenvalue weighted by atomic mass is 9.98. The van der Waals surface area contributed by atoms with Crippen LogP contribution in [-0.4, -0.2) is 43.7 Å². The highest BCUT2D eigenvalue weighted by atomic mass is 19.3. The smallest absolute Gasteiger partial charge is 0.264 e. The van der Waals surface area contributed by atoms with Gasteiger partial charge in [-0.25, -0.2) is 8.78 Å². The van der Waals surface area contributed by atoms with E-state index < -0.39 is 6.43 Å². The van der Waals surface area contributed by atoms with Crippen LogP contribution >= 0.6 is 0 Å². The van der Waals surface area contributed by atoms with Gasteiger partial charge in [-0.15, -0.1) is 0 Å². The Kier molecular flexibility index (Phi) is 8.27. The number of halogens is 3. The van der Waals surface area contributed by atoms with Crippen LogP contribution in [0, 0.1) is 0 Å². The number of hydrogen-bond acceptors (Lipinski definition) is 2. The molecule has 0 aromatic heterocycles. The van der Waals surface area contributed by atoms with Gasteiger partial charge in [0.2, 0.25) is 0 Å². The number of hydrogen-bond donors (Lipinski definition) is 0. The second-order valence-corrected chi connectivity index (χ2v) is 7.73. The molecule has 2 nitrogen and oxygen atoms in total. The summed E-state index contributed by atoms with van der Waals surface area (Å²) in [5.74, 6) is 0. The van der Waals surface area contributed by atoms with Gasteiger partial charge in [0.15, 0.2) is 0 Å². The molecule has 0 spiro atoms. The van der Waals surface area contributed by atoms with Crippen LogP contribution < -0.4 is 0 Å². The van der Waals surface area contributed by atoms with E-state index in [-0.39, 0.29) is 5.56 Å². The highest BCUT2D eigenvalue weighted by Crippen LogP contribution is 2.31. The van der Waals surface area contributed by atoms with Crippen molar-refractivity contribution < 1.29 is 13.2 Å². The summed E-state index contributed by atoms with van der Waals surface area (Å²) >= 11 is 0. The fourth-order valence-electron chi connectivity index (χ4n) is 4.11. The summed E-state index contributed by atoms with van der Waals surface area (Å²) in [6, 6.07) is 25.8. The number of rotatable bonds is 5. The monoisotopic (exact) mass is 426 g/mol. The number of nitrogens with zero attached hydrogens (tertiary/aromatic N) is 2. The van der Waals surface area contributed by atoms with E-state index in [9.17, 15) is 13.2 Å². The van der Waals surface area contributed by atoms with Crippen LogP contribution in [-0.2, 0) is 6.54 Å². The Morgan fingerprint density at radius 2 is 1.48 bits per heavy atom. The van der Waals surface area contributed by atoms with E-state index >= 15 is 0 Å². The molecule has 0 bridgehead atoms. The van der Waals surface area contributed by atoms with Crippen molar-refractivity contribution in [2.75, 3.05) is 33.9 Å². The van der Waals surface area contributed by atoms with Crippen LogP contribution in [0.2, 0.25) is 0 Å². The van der Waals surface area contributed by atoms with E-state index in [1.54, 1.807) is 12.1 Å². The third kappa shape index (κ3) is 5.75. The summed E-state index contributed by atoms with van der Waals surface area (Å²) in [7, 11) is 2.68. The van der Waals surface area contributed by atoms with Gasteiger partial charge in [-0.1, -0.05) is 78.9 Å². The second-order valence-electron chi connectivity index (χ2n) is 7.73. The topological polar surface area (TPSA) is 6.48 Å². The van der Waals surface area contributed by atoms with Crippen molar-refractivity contribution in [1.82, 2.24) is 9.80 Å². The van der Waals surface area contributed by atoms with Crippen LogP contribution in [0.3, 0.4) is 0 Å². The van der Waals surface area contributed by atoms with Crippen molar-refractivity contribution in [2.24, 2.45) is 0 Å². The van der Waals surface area contributed by atoms with Crippen LogP contribution in [0.25, 0.3) is 11.1 Å². The average molecular weight is 427 g/mol. The van der Waals surface area contributed by atoms with Crippen molar-refractivity contribution in [3.05, 3.63) is 95.6 Å². The Labute approximate surface area is 182 Å². The third-order valence-electron chi connectivity index (χ3n) is 5.78. The average Bonchev–Trinajstić information content (AvgIpc) is 2.82. The highest BCUT2D eigenvalue weighted by Gasteiger charge is 2.25. The van der Waals surface area contributed by atoms with Gasteiger partial charge in [-0.2, -0.15) is 0 Å². The predicted molar refractivity (Wildman–Crippen MR) is 121 cm³/mol. The molecule has 3 aromatic rings. The Morgan fingerprint density at radius 1 is 0.839 bits per heavy atom. The van der Waals surface area contributed by atoms with Gasteiger partial charge < -0.3 is 0 Å². The minimum atomic E-state index is -2.47. The molecule has 3 aromatic carbocycles. The predicted octanol–water partition coefficient (Wildman–Crippen LogP) is 6.37. The van der Waals surface area contributed by atoms with Gasteiger partial charge in [-0.05, 0) is 29.3 Å². The van der Waals surface area contributed by atoms with E-state index in [4.69, 9.17) is 0 Å². The largest absolute Gasteiger partial charge is 0.297 e. The first-order chi connectivity index (χ1) is 15.1. The van der Waals surface area contributed by atoms with Crippen LogP contribution in [0.4, 0.5) is 13.2 Å². The maximum Gasteiger partial charge on any atom is 0.264 e. The van der Waals surface area contributed by atoms with Gasteiger partial charge >= 0.3 is 0 Å². The van der Waals surface area contributed by atoms with E-state index in [1.165, 1.54) is 17.2 Å². The van der Waals surface area contributed by atoms with Crippen molar-refractivity contribution in [2.45, 2.75) is 19.0 Å². The quantitative estimate of drug-likeness (QED) is 0.468. The lowest BCUT2D eigenvalue weighted by molar-refractivity contribution is 0.0905. The maximum absolute atomic E-state index is 13.3. The van der Waals surface area contributed by atoms with Crippen LogP contribution in [0.1, 0.15) is 29.2 Å². The molecule has 0 radical (unpaired) electrons. The molecule has 164 valence electrons. The number of likely N-dealkylation sites (N-methyl/N-ethyl adjacent to an activating group) is 1. The van der Waals surface area contributed by atoms with Gasteiger partial charge in [0.1, 0.15) is 0 Å². The zero-order valence-corrected chi connectivity index (χ0v) is 18.0. The van der Waals surface area contributed by atoms with Gasteiger partial charge in [-0.3, -0.25) is 14.2 Å². The lowest BCUT2D eigenvalue weighted by Gasteiger charge is -2.39. The molecule has 1 aliphatic rings. The fraction of sp³-hybridized carbons (Fsp3) is 0.308. The molecular formula is C26H29F3N2. The Balaban J connectivity index is 0.00000132. The number of piperazine rings is 1. The molecule has 31 heavy (non-hydrogen) atoms.